The number of allylic oxidation sites excluding steroid dienone is 1. The number of ether oxygens (including phenoxy) is 2. The molecule has 0 N–H and O–H groups in total. The van der Waals surface area contributed by atoms with Crippen molar-refractivity contribution < 1.29 is 14.3 Å². The quantitative estimate of drug-likeness (QED) is 0.718. The van der Waals surface area contributed by atoms with E-state index in [-0.39, 0.29) is 11.7 Å². The van der Waals surface area contributed by atoms with Crippen molar-refractivity contribution in [1.82, 2.24) is 4.90 Å². The molecule has 28 heavy (non-hydrogen) atoms. The maximum atomic E-state index is 12.6. The zero-order chi connectivity index (χ0) is 19.7. The molecule has 5 rings (SSSR count). The van der Waals surface area contributed by atoms with Crippen molar-refractivity contribution in [2.24, 2.45) is 5.92 Å². The predicted octanol–water partition coefficient (Wildman–Crippen LogP) is 4.53. The highest BCUT2D eigenvalue weighted by Gasteiger charge is 2.36. The van der Waals surface area contributed by atoms with Gasteiger partial charge in [-0.3, -0.25) is 4.79 Å². The van der Waals surface area contributed by atoms with E-state index in [2.05, 4.69) is 36.9 Å². The average Bonchev–Trinajstić information content (AvgIpc) is 2.72. The van der Waals surface area contributed by atoms with E-state index in [0.717, 1.165) is 37.2 Å². The number of benzene rings is 2. The monoisotopic (exact) mass is 377 g/mol. The standard InChI is InChI=1S/C24H27NO3/c1-16-4-5-17(2)20(12-16)15-28-22-7-6-18(14-23(22)27-3)13-21-24(26)19-8-10-25(21)11-9-19/h4-7,12-14,19H,8-11,15H2,1-3H3/b21-13-. The SMILES string of the molecule is COc1cc(/C=C2/C(=O)C3CCN2CC3)ccc1OCc1cc(C)ccc1C. The second-order valence-electron chi connectivity index (χ2n) is 7.78. The third kappa shape index (κ3) is 3.64. The molecule has 2 aromatic rings. The van der Waals surface area contributed by atoms with E-state index >= 15 is 0 Å². The summed E-state index contributed by atoms with van der Waals surface area (Å²) in [5.74, 6) is 1.88. The topological polar surface area (TPSA) is 38.8 Å². The van der Waals surface area contributed by atoms with Gasteiger partial charge >= 0.3 is 0 Å². The molecule has 3 heterocycles. The molecule has 0 aliphatic carbocycles. The first-order valence-electron chi connectivity index (χ1n) is 9.93. The zero-order valence-corrected chi connectivity index (χ0v) is 16.8. The minimum absolute atomic E-state index is 0.207. The number of carbonyl (C=O) groups excluding carboxylic acids is 1. The largest absolute Gasteiger partial charge is 0.493 e. The Morgan fingerprint density at radius 1 is 1.07 bits per heavy atom. The summed E-state index contributed by atoms with van der Waals surface area (Å²) in [6.07, 6.45) is 3.97. The molecule has 0 aromatic heterocycles. The lowest BCUT2D eigenvalue weighted by molar-refractivity contribution is -0.125. The predicted molar refractivity (Wildman–Crippen MR) is 111 cm³/mol. The van der Waals surface area contributed by atoms with E-state index in [1.165, 1.54) is 16.7 Å². The Balaban J connectivity index is 1.54. The molecule has 2 bridgehead atoms. The first kappa shape index (κ1) is 18.6. The number of carbonyl (C=O) groups is 1. The maximum Gasteiger partial charge on any atom is 0.182 e. The van der Waals surface area contributed by atoms with Crippen molar-refractivity contribution in [3.8, 4) is 11.5 Å². The van der Waals surface area contributed by atoms with Gasteiger partial charge < -0.3 is 14.4 Å². The Labute approximate surface area is 166 Å². The minimum Gasteiger partial charge on any atom is -0.493 e. The van der Waals surface area contributed by atoms with E-state index in [0.29, 0.717) is 18.1 Å². The molecule has 3 aliphatic rings. The van der Waals surface area contributed by atoms with Crippen molar-refractivity contribution in [1.29, 1.82) is 0 Å². The number of aryl methyl sites for hydroxylation is 2. The first-order chi connectivity index (χ1) is 13.5. The van der Waals surface area contributed by atoms with Gasteiger partial charge in [-0.05, 0) is 61.6 Å². The summed E-state index contributed by atoms with van der Waals surface area (Å²) in [7, 11) is 1.65. The van der Waals surface area contributed by atoms with Crippen LogP contribution in [0.4, 0.5) is 0 Å². The summed E-state index contributed by atoms with van der Waals surface area (Å²) in [5, 5.41) is 0. The summed E-state index contributed by atoms with van der Waals surface area (Å²) in [6.45, 7) is 6.64. The van der Waals surface area contributed by atoms with Crippen LogP contribution in [-0.2, 0) is 11.4 Å². The number of hydrogen-bond donors (Lipinski definition) is 0. The molecule has 0 unspecified atom stereocenters. The van der Waals surface area contributed by atoms with E-state index in [1.807, 2.05) is 24.3 Å². The fourth-order valence-corrected chi connectivity index (χ4v) is 4.07. The molecule has 4 heteroatoms. The Morgan fingerprint density at radius 2 is 1.86 bits per heavy atom. The average molecular weight is 377 g/mol. The summed E-state index contributed by atoms with van der Waals surface area (Å²) < 4.78 is 11.6. The van der Waals surface area contributed by atoms with Gasteiger partial charge in [0.25, 0.3) is 0 Å². The van der Waals surface area contributed by atoms with Crippen LogP contribution < -0.4 is 9.47 Å². The first-order valence-corrected chi connectivity index (χ1v) is 9.93. The van der Waals surface area contributed by atoms with Gasteiger partial charge in [0.05, 0.1) is 12.8 Å². The summed E-state index contributed by atoms with van der Waals surface area (Å²) in [6, 6.07) is 12.2. The second kappa shape index (κ2) is 7.70. The number of ketones is 1. The molecule has 0 amide bonds. The fourth-order valence-electron chi connectivity index (χ4n) is 4.07. The van der Waals surface area contributed by atoms with Gasteiger partial charge in [0.2, 0.25) is 0 Å². The molecule has 3 aliphatic heterocycles. The van der Waals surface area contributed by atoms with Crippen LogP contribution in [0.25, 0.3) is 6.08 Å². The van der Waals surface area contributed by atoms with Crippen LogP contribution in [0.5, 0.6) is 11.5 Å². The number of nitrogens with zero attached hydrogens (tertiary/aromatic N) is 1. The molecule has 146 valence electrons. The molecule has 0 spiro atoms. The molecule has 3 fully saturated rings. The van der Waals surface area contributed by atoms with Crippen molar-refractivity contribution in [2.75, 3.05) is 20.2 Å². The van der Waals surface area contributed by atoms with Gasteiger partial charge in [-0.25, -0.2) is 0 Å². The van der Waals surface area contributed by atoms with E-state index in [1.54, 1.807) is 7.11 Å². The second-order valence-corrected chi connectivity index (χ2v) is 7.78. The van der Waals surface area contributed by atoms with Crippen LogP contribution >= 0.6 is 0 Å². The normalized spacial score (nSPS) is 18.0. The summed E-state index contributed by atoms with van der Waals surface area (Å²) in [4.78, 5) is 14.8. The molecule has 4 nitrogen and oxygen atoms in total. The molecule has 0 radical (unpaired) electrons. The number of Topliss-reactive ketones (excluding diaryl/α,β-unsaturated/α-hetero) is 1. The molecule has 3 saturated heterocycles. The minimum atomic E-state index is 0.207. The lowest BCUT2D eigenvalue weighted by Gasteiger charge is -2.41. The van der Waals surface area contributed by atoms with Crippen LogP contribution in [-0.4, -0.2) is 30.9 Å². The Kier molecular flexibility index (Phi) is 5.12. The van der Waals surface area contributed by atoms with Crippen LogP contribution in [0.2, 0.25) is 0 Å². The van der Waals surface area contributed by atoms with Gasteiger partial charge in [0, 0.05) is 19.0 Å². The third-order valence-corrected chi connectivity index (χ3v) is 5.84. The summed E-state index contributed by atoms with van der Waals surface area (Å²) in [5.41, 5.74) is 5.41. The number of methoxy groups -OCH3 is 1. The number of fused-ring (bicyclic) bond motifs is 3. The zero-order valence-electron chi connectivity index (χ0n) is 16.8. The highest BCUT2D eigenvalue weighted by Crippen LogP contribution is 2.34. The molecule has 0 atom stereocenters. The lowest BCUT2D eigenvalue weighted by atomic mass is 9.84. The van der Waals surface area contributed by atoms with Crippen LogP contribution in [0.15, 0.2) is 42.1 Å². The smallest absolute Gasteiger partial charge is 0.182 e. The Hall–Kier alpha value is -2.75. The number of piperidine rings is 3. The third-order valence-electron chi connectivity index (χ3n) is 5.84. The molecule has 0 saturated carbocycles. The van der Waals surface area contributed by atoms with Crippen LogP contribution in [0, 0.1) is 19.8 Å². The van der Waals surface area contributed by atoms with Gasteiger partial charge in [-0.2, -0.15) is 0 Å². The summed E-state index contributed by atoms with van der Waals surface area (Å²) >= 11 is 0. The van der Waals surface area contributed by atoms with Gasteiger partial charge in [0.1, 0.15) is 6.61 Å². The van der Waals surface area contributed by atoms with Crippen molar-refractivity contribution in [3.05, 3.63) is 64.3 Å². The van der Waals surface area contributed by atoms with E-state index in [9.17, 15) is 4.79 Å². The van der Waals surface area contributed by atoms with Gasteiger partial charge in [-0.1, -0.05) is 29.8 Å². The maximum absolute atomic E-state index is 12.6. The molecular formula is C24H27NO3. The van der Waals surface area contributed by atoms with E-state index < -0.39 is 0 Å². The van der Waals surface area contributed by atoms with Gasteiger partial charge in [-0.15, -0.1) is 0 Å². The molecule has 2 aromatic carbocycles. The van der Waals surface area contributed by atoms with Crippen molar-refractivity contribution >= 4 is 11.9 Å². The van der Waals surface area contributed by atoms with Crippen molar-refractivity contribution in [3.63, 3.8) is 0 Å². The highest BCUT2D eigenvalue weighted by molar-refractivity contribution is 6.01. The fraction of sp³-hybridized carbons (Fsp3) is 0.375. The Morgan fingerprint density at radius 3 is 2.57 bits per heavy atom. The van der Waals surface area contributed by atoms with Crippen LogP contribution in [0.1, 0.15) is 35.1 Å². The van der Waals surface area contributed by atoms with Crippen LogP contribution in [0.3, 0.4) is 0 Å². The lowest BCUT2D eigenvalue weighted by Crippen LogP contribution is -2.45. The van der Waals surface area contributed by atoms with Crippen molar-refractivity contribution in [2.45, 2.75) is 33.3 Å². The molecular weight excluding hydrogens is 350 g/mol. The Bertz CT molecular complexity index is 923. The number of rotatable bonds is 5. The van der Waals surface area contributed by atoms with E-state index in [4.69, 9.17) is 9.47 Å². The highest BCUT2D eigenvalue weighted by atomic mass is 16.5. The van der Waals surface area contributed by atoms with Gasteiger partial charge in [0.15, 0.2) is 17.3 Å². The number of hydrogen-bond acceptors (Lipinski definition) is 4.